The quantitative estimate of drug-likeness (QED) is 0.147. The van der Waals surface area contributed by atoms with Gasteiger partial charge in [-0.2, -0.15) is 0 Å². The van der Waals surface area contributed by atoms with Crippen molar-refractivity contribution in [1.82, 2.24) is 0 Å². The molecule has 9 fully saturated rings. The van der Waals surface area contributed by atoms with E-state index < -0.39 is 21.5 Å². The molecule has 4 aromatic carbocycles. The van der Waals surface area contributed by atoms with Crippen molar-refractivity contribution in [2.45, 2.75) is 147 Å². The Hall–Kier alpha value is -1.96. The molecule has 0 amide bonds. The summed E-state index contributed by atoms with van der Waals surface area (Å²) in [5, 5.41) is 0. The van der Waals surface area contributed by atoms with E-state index in [9.17, 15) is 0 Å². The van der Waals surface area contributed by atoms with Gasteiger partial charge in [0.1, 0.15) is 0 Å². The summed E-state index contributed by atoms with van der Waals surface area (Å²) >= 11 is -4.93. The molecule has 0 aliphatic heterocycles. The standard InChI is InChI=1S/C30H33.C27H29.C2H7Si.2ClH.Zr/c1-2-5-23(4-1)26-15-25-6-3-7-28(29(25)16-26)24-8-10-27(11-9-24)30-17-20-12-21(18-30)14-22(13-20)19-30;1-2-18-13-23-4-3-5-25(26(23)14-18)22-6-8-24(9-7-22)27-15-19-10-20(16-27)12-21(11-19)17-27;1-3-2;;;/h3,6-11,15-16,20-23H,1-2,4-5,12-14,17-19H2;3-9,13-14,19-21H,2,10-12,15-17H2,1H3;3H,1-2H3;2*1H;/q;;;;;+2/p-2. The fourth-order valence-corrected chi connectivity index (χ4v) is 49.7. The SMILES string of the molecule is CCC1=Cc2c(-c3ccc(C45CC6CC(CC(C6)C4)C5)cc3)cccc2[CH]1[Zr]([Cl])([Cl])([CH]1C(C2CCCC2)=Cc2c(-c3ccc(C45CC6CC(CC(C6)C4)C5)cc3)cccc21)[SiH](C)C. The topological polar surface area (TPSA) is 0 Å². The van der Waals surface area contributed by atoms with Crippen molar-refractivity contribution < 1.29 is 15.6 Å². The van der Waals surface area contributed by atoms with E-state index in [0.29, 0.717) is 16.7 Å². The second kappa shape index (κ2) is 14.8. The van der Waals surface area contributed by atoms with Crippen LogP contribution in [0.5, 0.6) is 0 Å². The summed E-state index contributed by atoms with van der Waals surface area (Å²) < 4.78 is 0.288. The summed E-state index contributed by atoms with van der Waals surface area (Å²) in [5.74, 6) is 4.67. The molecule has 15 rings (SSSR count). The van der Waals surface area contributed by atoms with Crippen molar-refractivity contribution in [3.63, 3.8) is 0 Å². The minimum absolute atomic E-state index is 0.136. The molecular weight excluding hydrogens is 899 g/mol. The summed E-state index contributed by atoms with van der Waals surface area (Å²) in [6.45, 7) is 7.46. The van der Waals surface area contributed by atoms with Gasteiger partial charge in [0.2, 0.25) is 0 Å². The van der Waals surface area contributed by atoms with Crippen molar-refractivity contribution in [1.29, 1.82) is 0 Å². The predicted octanol–water partition coefficient (Wildman–Crippen LogP) is 17.1. The van der Waals surface area contributed by atoms with Gasteiger partial charge in [0.25, 0.3) is 0 Å². The molecule has 0 spiro atoms. The Balaban J connectivity index is 0.886. The fraction of sp³-hybridized carbons (Fsp3) is 0.525. The van der Waals surface area contributed by atoms with Gasteiger partial charge in [-0.1, -0.05) is 0 Å². The second-order valence-corrected chi connectivity index (χ2v) is 66.6. The van der Waals surface area contributed by atoms with Gasteiger partial charge in [-0.05, 0) is 0 Å². The maximum atomic E-state index is 9.04. The summed E-state index contributed by atoms with van der Waals surface area (Å²) in [6.07, 6.45) is 28.9. The van der Waals surface area contributed by atoms with E-state index >= 15 is 0 Å². The van der Waals surface area contributed by atoms with Crippen LogP contribution in [0.3, 0.4) is 0 Å². The molecule has 0 saturated heterocycles. The molecule has 4 heteroatoms. The first kappa shape index (κ1) is 41.2. The van der Waals surface area contributed by atoms with E-state index in [0.717, 1.165) is 41.9 Å². The minimum atomic E-state index is -4.93. The van der Waals surface area contributed by atoms with Crippen molar-refractivity contribution >= 4 is 35.1 Å². The zero-order chi connectivity index (χ0) is 42.5. The Morgan fingerprint density at radius 3 is 1.37 bits per heavy atom. The Morgan fingerprint density at radius 1 is 0.540 bits per heavy atom. The molecule has 0 nitrogen and oxygen atoms in total. The Morgan fingerprint density at radius 2 is 0.952 bits per heavy atom. The molecule has 0 aromatic heterocycles. The molecule has 0 N–H and O–H groups in total. The van der Waals surface area contributed by atoms with Crippen molar-refractivity contribution in [2.24, 2.45) is 41.4 Å². The van der Waals surface area contributed by atoms with Crippen LogP contribution < -0.4 is 0 Å². The Kier molecular flexibility index (Phi) is 9.67. The van der Waals surface area contributed by atoms with Crippen LogP contribution in [-0.4, -0.2) is 5.92 Å². The van der Waals surface area contributed by atoms with Crippen LogP contribution in [0, 0.1) is 41.4 Å². The van der Waals surface area contributed by atoms with Crippen LogP contribution in [-0.2, 0) is 26.4 Å². The number of hydrogen-bond acceptors (Lipinski definition) is 0. The van der Waals surface area contributed by atoms with E-state index in [4.69, 9.17) is 17.0 Å². The normalized spacial score (nSPS) is 35.5. The first-order valence-corrected chi connectivity index (χ1v) is 42.3. The predicted molar refractivity (Wildman–Crippen MR) is 268 cm³/mol. The molecule has 2 unspecified atom stereocenters. The van der Waals surface area contributed by atoms with E-state index in [1.54, 1.807) is 16.7 Å². The molecule has 63 heavy (non-hydrogen) atoms. The molecule has 9 saturated carbocycles. The zero-order valence-corrected chi connectivity index (χ0v) is 43.4. The van der Waals surface area contributed by atoms with Crippen molar-refractivity contribution in [3.8, 4) is 22.3 Å². The summed E-state index contributed by atoms with van der Waals surface area (Å²) in [7, 11) is 18.1. The molecule has 2 atom stereocenters. The van der Waals surface area contributed by atoms with Gasteiger partial charge in [-0.3, -0.25) is 0 Å². The third kappa shape index (κ3) is 6.17. The third-order valence-electron chi connectivity index (χ3n) is 20.4. The van der Waals surface area contributed by atoms with E-state index in [1.165, 1.54) is 153 Å². The van der Waals surface area contributed by atoms with Gasteiger partial charge in [0, 0.05) is 0 Å². The molecule has 0 radical (unpaired) electrons. The summed E-state index contributed by atoms with van der Waals surface area (Å²) in [6, 6.07) is 34.5. The average molecular weight is 968 g/mol. The van der Waals surface area contributed by atoms with Crippen LogP contribution in [0.15, 0.2) is 96.1 Å². The monoisotopic (exact) mass is 965 g/mol. The van der Waals surface area contributed by atoms with Gasteiger partial charge in [0.05, 0.1) is 0 Å². The van der Waals surface area contributed by atoms with Crippen LogP contribution in [0.1, 0.15) is 157 Å². The number of allylic oxidation sites excluding steroid dienone is 2. The molecule has 8 bridgehead atoms. The summed E-state index contributed by atoms with van der Waals surface area (Å²) in [5.41, 5.74) is 18.4. The molecule has 4 aromatic rings. The zero-order valence-electron chi connectivity index (χ0n) is 38.3. The molecule has 0 heterocycles. The van der Waals surface area contributed by atoms with Crippen LogP contribution in [0.2, 0.25) is 13.1 Å². The van der Waals surface area contributed by atoms with Crippen LogP contribution >= 0.6 is 17.0 Å². The molecule has 11 aliphatic carbocycles. The summed E-state index contributed by atoms with van der Waals surface area (Å²) in [4.78, 5) is 0. The number of halogens is 2. The number of benzene rings is 4. The van der Waals surface area contributed by atoms with E-state index in [1.807, 2.05) is 0 Å². The van der Waals surface area contributed by atoms with Crippen LogP contribution in [0.25, 0.3) is 34.4 Å². The molecular formula is C59H69Cl2SiZr. The number of hydrogen-bond donors (Lipinski definition) is 0. The van der Waals surface area contributed by atoms with Gasteiger partial charge in [0.15, 0.2) is 0 Å². The van der Waals surface area contributed by atoms with Gasteiger partial charge in [-0.15, -0.1) is 0 Å². The van der Waals surface area contributed by atoms with Gasteiger partial charge in [-0.25, -0.2) is 0 Å². The Bertz CT molecular complexity index is 2480. The van der Waals surface area contributed by atoms with Gasteiger partial charge < -0.3 is 0 Å². The average Bonchev–Trinajstić information content (AvgIpc) is 4.04. The van der Waals surface area contributed by atoms with Crippen molar-refractivity contribution in [2.75, 3.05) is 0 Å². The third-order valence-corrected chi connectivity index (χ3v) is 72.1. The molecule has 327 valence electrons. The second-order valence-electron chi connectivity index (χ2n) is 24.1. The van der Waals surface area contributed by atoms with E-state index in [-0.39, 0.29) is 7.25 Å². The first-order valence-electron chi connectivity index (χ1n) is 26.0. The van der Waals surface area contributed by atoms with Gasteiger partial charge >= 0.3 is 391 Å². The Labute approximate surface area is 387 Å². The van der Waals surface area contributed by atoms with Crippen LogP contribution in [0.4, 0.5) is 0 Å². The first-order chi connectivity index (χ1) is 30.5. The number of fused-ring (bicyclic) bond motifs is 2. The van der Waals surface area contributed by atoms with Crippen molar-refractivity contribution in [3.05, 3.63) is 129 Å². The fourth-order valence-electron chi connectivity index (χ4n) is 18.3. The molecule has 11 aliphatic rings. The number of rotatable bonds is 9. The van der Waals surface area contributed by atoms with E-state index in [2.05, 4.69) is 117 Å². The maximum absolute atomic E-state index is 9.04.